The smallest absolute Gasteiger partial charge is 0.259 e. The number of aryl methyl sites for hydroxylation is 2. The van der Waals surface area contributed by atoms with Crippen LogP contribution < -0.4 is 10.6 Å². The number of carbonyl (C=O) groups is 2. The van der Waals surface area contributed by atoms with Gasteiger partial charge in [0.15, 0.2) is 0 Å². The summed E-state index contributed by atoms with van der Waals surface area (Å²) in [5.41, 5.74) is 4.29. The lowest BCUT2D eigenvalue weighted by atomic mass is 9.98. The van der Waals surface area contributed by atoms with E-state index < -0.39 is 0 Å². The van der Waals surface area contributed by atoms with Gasteiger partial charge in [0.2, 0.25) is 5.91 Å². The number of pyridine rings is 1. The summed E-state index contributed by atoms with van der Waals surface area (Å²) in [7, 11) is 1.84. The predicted octanol–water partition coefficient (Wildman–Crippen LogP) is 3.68. The topological polar surface area (TPSA) is 122 Å². The molecule has 6 rings (SSSR count). The third-order valence-electron chi connectivity index (χ3n) is 7.63. The van der Waals surface area contributed by atoms with Gasteiger partial charge in [-0.15, -0.1) is 0 Å². The molecule has 202 valence electrons. The van der Waals surface area contributed by atoms with Crippen LogP contribution in [0.1, 0.15) is 54.6 Å². The van der Waals surface area contributed by atoms with Crippen LogP contribution in [0.5, 0.6) is 0 Å². The van der Waals surface area contributed by atoms with Crippen LogP contribution in [0.3, 0.4) is 0 Å². The van der Waals surface area contributed by atoms with E-state index in [2.05, 4.69) is 35.7 Å². The Morgan fingerprint density at radius 2 is 1.87 bits per heavy atom. The van der Waals surface area contributed by atoms with Crippen LogP contribution in [-0.4, -0.2) is 65.2 Å². The van der Waals surface area contributed by atoms with E-state index in [4.69, 9.17) is 0 Å². The number of aromatic nitrogens is 6. The molecule has 0 spiro atoms. The quantitative estimate of drug-likeness (QED) is 0.358. The lowest BCUT2D eigenvalue weighted by Crippen LogP contribution is -2.42. The van der Waals surface area contributed by atoms with Crippen molar-refractivity contribution in [3.8, 4) is 11.3 Å². The summed E-state index contributed by atoms with van der Waals surface area (Å²) in [5.74, 6) is 0.462. The van der Waals surface area contributed by atoms with Crippen molar-refractivity contribution in [3.05, 3.63) is 54.5 Å². The van der Waals surface area contributed by atoms with Crippen LogP contribution in [0.25, 0.3) is 16.8 Å². The Morgan fingerprint density at radius 3 is 2.67 bits per heavy atom. The van der Waals surface area contributed by atoms with Crippen molar-refractivity contribution in [2.24, 2.45) is 13.0 Å². The molecule has 1 aliphatic carbocycles. The summed E-state index contributed by atoms with van der Waals surface area (Å²) in [6.07, 6.45) is 16.7. The number of hydrogen-bond acceptors (Lipinski definition) is 7. The lowest BCUT2D eigenvalue weighted by Gasteiger charge is -2.35. The van der Waals surface area contributed by atoms with Gasteiger partial charge >= 0.3 is 0 Å². The highest BCUT2D eigenvalue weighted by Gasteiger charge is 2.30. The van der Waals surface area contributed by atoms with Gasteiger partial charge in [0, 0.05) is 37.8 Å². The van der Waals surface area contributed by atoms with E-state index in [1.807, 2.05) is 20.2 Å². The lowest BCUT2D eigenvalue weighted by molar-refractivity contribution is -0.117. The Morgan fingerprint density at radius 1 is 1.00 bits per heavy atom. The highest BCUT2D eigenvalue weighted by Crippen LogP contribution is 2.32. The van der Waals surface area contributed by atoms with E-state index in [1.165, 1.54) is 31.9 Å². The molecule has 1 saturated carbocycles. The number of carbonyl (C=O) groups excluding carboxylic acids is 2. The summed E-state index contributed by atoms with van der Waals surface area (Å²) in [4.78, 5) is 37.5. The SMILES string of the molecule is Cc1ncc(NC(=O)C[C@@H]2CCCCN2CC2CC2)cc1NC(=O)c1cnn2cc(-c3cnn(C)c3)ncc12. The third kappa shape index (κ3) is 5.68. The third-order valence-corrected chi connectivity index (χ3v) is 7.63. The van der Waals surface area contributed by atoms with Crippen LogP contribution >= 0.6 is 0 Å². The maximum atomic E-state index is 13.2. The Labute approximate surface area is 226 Å². The number of nitrogens with zero attached hydrogens (tertiary/aromatic N) is 7. The van der Waals surface area contributed by atoms with E-state index in [1.54, 1.807) is 40.1 Å². The van der Waals surface area contributed by atoms with Gasteiger partial charge in [0.1, 0.15) is 0 Å². The predicted molar refractivity (Wildman–Crippen MR) is 147 cm³/mol. The molecule has 2 fully saturated rings. The monoisotopic (exact) mass is 527 g/mol. The average Bonchev–Trinajstić information content (AvgIpc) is 3.46. The van der Waals surface area contributed by atoms with Gasteiger partial charge < -0.3 is 10.6 Å². The Kier molecular flexibility index (Phi) is 6.82. The fourth-order valence-electron chi connectivity index (χ4n) is 5.27. The van der Waals surface area contributed by atoms with E-state index in [9.17, 15) is 9.59 Å². The summed E-state index contributed by atoms with van der Waals surface area (Å²) in [6, 6.07) is 2.05. The number of fused-ring (bicyclic) bond motifs is 1. The molecule has 4 aromatic heterocycles. The summed E-state index contributed by atoms with van der Waals surface area (Å²) in [5, 5.41) is 14.5. The van der Waals surface area contributed by atoms with Gasteiger partial charge in [-0.05, 0) is 51.1 Å². The van der Waals surface area contributed by atoms with Crippen molar-refractivity contribution in [2.45, 2.75) is 51.5 Å². The maximum Gasteiger partial charge on any atom is 0.259 e. The van der Waals surface area contributed by atoms with Crippen LogP contribution in [0.15, 0.2) is 43.2 Å². The first-order chi connectivity index (χ1) is 18.9. The van der Waals surface area contributed by atoms with Crippen LogP contribution in [0.2, 0.25) is 0 Å². The van der Waals surface area contributed by atoms with Crippen molar-refractivity contribution >= 4 is 28.7 Å². The summed E-state index contributed by atoms with van der Waals surface area (Å²) < 4.78 is 3.33. The molecule has 0 radical (unpaired) electrons. The number of amides is 2. The number of nitrogens with one attached hydrogen (secondary N) is 2. The standard InChI is InChI=1S/C28H33N9O2/c1-18-24(9-21(12-29-18)33-27(38)10-22-5-3-4-8-36(22)15-19-6-7-19)34-28(39)23-13-32-37-17-25(30-14-26(23)37)20-11-31-35(2)16-20/h9,11-14,16-17,19,22H,3-8,10,15H2,1-2H3,(H,33,38)(H,34,39)/t22-/m0/s1. The zero-order valence-electron chi connectivity index (χ0n) is 22.3. The van der Waals surface area contributed by atoms with Crippen LogP contribution in [0.4, 0.5) is 11.4 Å². The number of likely N-dealkylation sites (tertiary alicyclic amines) is 1. The van der Waals surface area contributed by atoms with Gasteiger partial charge in [0.25, 0.3) is 5.91 Å². The first kappa shape index (κ1) is 25.2. The second kappa shape index (κ2) is 10.6. The molecule has 2 N–H and O–H groups in total. The molecule has 2 aliphatic rings. The normalized spacial score (nSPS) is 17.8. The first-order valence-corrected chi connectivity index (χ1v) is 13.6. The molecule has 0 bridgehead atoms. The number of rotatable bonds is 8. The van der Waals surface area contributed by atoms with Gasteiger partial charge in [-0.2, -0.15) is 10.2 Å². The van der Waals surface area contributed by atoms with E-state index >= 15 is 0 Å². The van der Waals surface area contributed by atoms with Gasteiger partial charge in [0.05, 0.1) is 64.8 Å². The summed E-state index contributed by atoms with van der Waals surface area (Å²) in [6.45, 7) is 4.02. The maximum absolute atomic E-state index is 13.2. The molecule has 0 aromatic carbocycles. The second-order valence-electron chi connectivity index (χ2n) is 10.7. The Balaban J connectivity index is 1.13. The van der Waals surface area contributed by atoms with Crippen LogP contribution in [0, 0.1) is 12.8 Å². The number of anilines is 2. The van der Waals surface area contributed by atoms with Crippen molar-refractivity contribution in [1.29, 1.82) is 0 Å². The molecule has 1 saturated heterocycles. The molecule has 0 unspecified atom stereocenters. The van der Waals surface area contributed by atoms with Crippen LogP contribution in [-0.2, 0) is 11.8 Å². The molecule has 1 aliphatic heterocycles. The highest BCUT2D eigenvalue weighted by molar-refractivity contribution is 6.09. The minimum atomic E-state index is -0.327. The molecule has 1 atom stereocenters. The molecule has 11 nitrogen and oxygen atoms in total. The van der Waals surface area contributed by atoms with Gasteiger partial charge in [-0.25, -0.2) is 4.52 Å². The molecular formula is C28H33N9O2. The second-order valence-corrected chi connectivity index (χ2v) is 10.7. The van der Waals surface area contributed by atoms with E-state index in [-0.39, 0.29) is 11.8 Å². The zero-order valence-corrected chi connectivity index (χ0v) is 22.3. The number of piperidine rings is 1. The molecule has 39 heavy (non-hydrogen) atoms. The Bertz CT molecular complexity index is 1520. The molecule has 2 amide bonds. The minimum Gasteiger partial charge on any atom is -0.325 e. The molecule has 11 heteroatoms. The fraction of sp³-hybridized carbons (Fsp3) is 0.429. The van der Waals surface area contributed by atoms with Crippen molar-refractivity contribution in [2.75, 3.05) is 23.7 Å². The minimum absolute atomic E-state index is 0.0243. The van der Waals surface area contributed by atoms with Gasteiger partial charge in [-0.1, -0.05) is 6.42 Å². The summed E-state index contributed by atoms with van der Waals surface area (Å²) >= 11 is 0. The highest BCUT2D eigenvalue weighted by atomic mass is 16.2. The first-order valence-electron chi connectivity index (χ1n) is 13.6. The van der Waals surface area contributed by atoms with Crippen molar-refractivity contribution < 1.29 is 9.59 Å². The molecule has 4 aromatic rings. The van der Waals surface area contributed by atoms with E-state index in [0.717, 1.165) is 31.0 Å². The van der Waals surface area contributed by atoms with Crippen molar-refractivity contribution in [1.82, 2.24) is 34.3 Å². The largest absolute Gasteiger partial charge is 0.325 e. The van der Waals surface area contributed by atoms with Gasteiger partial charge in [-0.3, -0.25) is 29.1 Å². The molecule has 5 heterocycles. The average molecular weight is 528 g/mol. The zero-order chi connectivity index (χ0) is 26.9. The van der Waals surface area contributed by atoms with E-state index in [0.29, 0.717) is 46.3 Å². The fourth-order valence-corrected chi connectivity index (χ4v) is 5.27. The molecular weight excluding hydrogens is 494 g/mol. The van der Waals surface area contributed by atoms with Crippen molar-refractivity contribution in [3.63, 3.8) is 0 Å². The Hall–Kier alpha value is -4.12. The number of hydrogen-bond donors (Lipinski definition) is 2.